The molecular formula is C29H41N5. The van der Waals surface area contributed by atoms with Crippen LogP contribution in [0.1, 0.15) is 33.1 Å². The molecule has 2 aliphatic rings. The third-order valence-corrected chi connectivity index (χ3v) is 8.03. The predicted octanol–water partition coefficient (Wildman–Crippen LogP) is 4.81. The van der Waals surface area contributed by atoms with E-state index in [1.54, 1.807) is 0 Å². The summed E-state index contributed by atoms with van der Waals surface area (Å²) in [6.07, 6.45) is 3.70. The molecule has 0 spiro atoms. The lowest BCUT2D eigenvalue weighted by Crippen LogP contribution is -2.51. The Kier molecular flexibility index (Phi) is 7.53. The second-order valence-corrected chi connectivity index (χ2v) is 10.2. The molecule has 1 unspecified atom stereocenters. The number of para-hydroxylation sites is 1. The summed E-state index contributed by atoms with van der Waals surface area (Å²) in [7, 11) is 0. The standard InChI is InChI=1S/C29H41N5/c1-3-23(2)33-19-17-32(18-20-33)16-13-30-26-11-14-34(15-12-26)27-9-6-8-24(21-27)29-22-25-7-4-5-10-28(25)31-29/h4-10,21-23,26,30-31H,3,11-20H2,1-2H3. The monoisotopic (exact) mass is 459 g/mol. The van der Waals surface area contributed by atoms with E-state index in [1.807, 2.05) is 0 Å². The smallest absolute Gasteiger partial charge is 0.0465 e. The number of benzene rings is 2. The maximum Gasteiger partial charge on any atom is 0.0465 e. The van der Waals surface area contributed by atoms with Gasteiger partial charge in [0.15, 0.2) is 0 Å². The van der Waals surface area contributed by atoms with Crippen LogP contribution in [0.3, 0.4) is 0 Å². The SMILES string of the molecule is CCC(C)N1CCN(CCNC2CCN(c3cccc(-c4cc5ccccc5[nH]4)c3)CC2)CC1. The van der Waals surface area contributed by atoms with Gasteiger partial charge in [-0.3, -0.25) is 9.80 Å². The van der Waals surface area contributed by atoms with Crippen molar-refractivity contribution < 1.29 is 0 Å². The molecule has 0 bridgehead atoms. The number of nitrogens with one attached hydrogen (secondary N) is 2. The summed E-state index contributed by atoms with van der Waals surface area (Å²) in [6, 6.07) is 21.2. The molecule has 0 amide bonds. The van der Waals surface area contributed by atoms with Gasteiger partial charge >= 0.3 is 0 Å². The van der Waals surface area contributed by atoms with Crippen LogP contribution in [0.25, 0.3) is 22.2 Å². The first-order chi connectivity index (χ1) is 16.7. The second-order valence-electron chi connectivity index (χ2n) is 10.2. The van der Waals surface area contributed by atoms with Crippen LogP contribution in [0.4, 0.5) is 5.69 Å². The lowest BCUT2D eigenvalue weighted by atomic mass is 10.0. The molecule has 5 heteroatoms. The molecule has 34 heavy (non-hydrogen) atoms. The van der Waals surface area contributed by atoms with E-state index in [9.17, 15) is 0 Å². The number of rotatable bonds is 8. The average molecular weight is 460 g/mol. The number of hydrogen-bond acceptors (Lipinski definition) is 4. The molecule has 1 aromatic heterocycles. The molecule has 0 aliphatic carbocycles. The number of piperidine rings is 1. The van der Waals surface area contributed by atoms with Crippen molar-refractivity contribution in [2.24, 2.45) is 0 Å². The van der Waals surface area contributed by atoms with Gasteiger partial charge in [0, 0.05) is 86.7 Å². The van der Waals surface area contributed by atoms with E-state index in [4.69, 9.17) is 0 Å². The highest BCUT2D eigenvalue weighted by Crippen LogP contribution is 2.28. The fourth-order valence-electron chi connectivity index (χ4n) is 5.55. The van der Waals surface area contributed by atoms with Gasteiger partial charge in [-0.2, -0.15) is 0 Å². The molecular weight excluding hydrogens is 418 g/mol. The molecule has 1 atom stereocenters. The first-order valence-corrected chi connectivity index (χ1v) is 13.3. The molecule has 0 radical (unpaired) electrons. The van der Waals surface area contributed by atoms with Crippen LogP contribution in [0.15, 0.2) is 54.6 Å². The average Bonchev–Trinajstić information content (AvgIpc) is 3.34. The van der Waals surface area contributed by atoms with Crippen molar-refractivity contribution >= 4 is 16.6 Å². The number of anilines is 1. The number of nitrogens with zero attached hydrogens (tertiary/aromatic N) is 3. The second kappa shape index (κ2) is 10.9. The van der Waals surface area contributed by atoms with Gasteiger partial charge in [-0.05, 0) is 56.0 Å². The maximum absolute atomic E-state index is 3.85. The van der Waals surface area contributed by atoms with Crippen LogP contribution in [0.2, 0.25) is 0 Å². The zero-order valence-electron chi connectivity index (χ0n) is 21.0. The van der Waals surface area contributed by atoms with Crippen molar-refractivity contribution in [2.45, 2.75) is 45.2 Å². The Morgan fingerprint density at radius 2 is 1.74 bits per heavy atom. The van der Waals surface area contributed by atoms with E-state index in [1.165, 1.54) is 79.8 Å². The van der Waals surface area contributed by atoms with Gasteiger partial charge in [-0.15, -0.1) is 0 Å². The van der Waals surface area contributed by atoms with E-state index in [-0.39, 0.29) is 0 Å². The Labute approximate surface area is 205 Å². The minimum atomic E-state index is 0.648. The number of aromatic nitrogens is 1. The lowest BCUT2D eigenvalue weighted by Gasteiger charge is -2.38. The number of H-pyrrole nitrogens is 1. The van der Waals surface area contributed by atoms with Gasteiger partial charge in [-0.25, -0.2) is 0 Å². The molecule has 3 heterocycles. The molecule has 3 aromatic rings. The summed E-state index contributed by atoms with van der Waals surface area (Å²) >= 11 is 0. The molecule has 2 N–H and O–H groups in total. The molecule has 2 fully saturated rings. The Balaban J connectivity index is 1.08. The van der Waals surface area contributed by atoms with E-state index < -0.39 is 0 Å². The van der Waals surface area contributed by atoms with Gasteiger partial charge in [0.05, 0.1) is 0 Å². The minimum Gasteiger partial charge on any atom is -0.371 e. The quantitative estimate of drug-likeness (QED) is 0.507. The summed E-state index contributed by atoms with van der Waals surface area (Å²) < 4.78 is 0. The van der Waals surface area contributed by atoms with E-state index in [2.05, 4.69) is 93.4 Å². The topological polar surface area (TPSA) is 37.5 Å². The van der Waals surface area contributed by atoms with Crippen molar-refractivity contribution in [2.75, 3.05) is 57.3 Å². The Morgan fingerprint density at radius 1 is 0.941 bits per heavy atom. The van der Waals surface area contributed by atoms with E-state index in [0.29, 0.717) is 6.04 Å². The highest BCUT2D eigenvalue weighted by molar-refractivity contribution is 5.86. The number of piperazine rings is 1. The van der Waals surface area contributed by atoms with Crippen molar-refractivity contribution in [3.63, 3.8) is 0 Å². The third-order valence-electron chi connectivity index (χ3n) is 8.03. The Hall–Kier alpha value is -2.34. The van der Waals surface area contributed by atoms with Crippen LogP contribution >= 0.6 is 0 Å². The molecule has 2 saturated heterocycles. The highest BCUT2D eigenvalue weighted by atomic mass is 15.3. The van der Waals surface area contributed by atoms with Gasteiger partial charge in [0.1, 0.15) is 0 Å². The lowest BCUT2D eigenvalue weighted by molar-refractivity contribution is 0.100. The molecule has 182 valence electrons. The third kappa shape index (κ3) is 5.48. The number of hydrogen-bond donors (Lipinski definition) is 2. The van der Waals surface area contributed by atoms with Crippen molar-refractivity contribution in [3.05, 3.63) is 54.6 Å². The molecule has 2 aliphatic heterocycles. The van der Waals surface area contributed by atoms with Crippen LogP contribution in [-0.2, 0) is 0 Å². The van der Waals surface area contributed by atoms with Crippen LogP contribution in [-0.4, -0.2) is 79.2 Å². The van der Waals surface area contributed by atoms with E-state index in [0.717, 1.165) is 25.7 Å². The largest absolute Gasteiger partial charge is 0.371 e. The summed E-state index contributed by atoms with van der Waals surface area (Å²) in [6.45, 7) is 14.1. The summed E-state index contributed by atoms with van der Waals surface area (Å²) in [4.78, 5) is 11.4. The normalized spacial score (nSPS) is 19.6. The molecule has 5 nitrogen and oxygen atoms in total. The van der Waals surface area contributed by atoms with Gasteiger partial charge < -0.3 is 15.2 Å². The van der Waals surface area contributed by atoms with Crippen molar-refractivity contribution in [1.29, 1.82) is 0 Å². The zero-order chi connectivity index (χ0) is 23.3. The van der Waals surface area contributed by atoms with Crippen molar-refractivity contribution in [1.82, 2.24) is 20.1 Å². The van der Waals surface area contributed by atoms with Gasteiger partial charge in [-0.1, -0.05) is 37.3 Å². The number of fused-ring (bicyclic) bond motifs is 1. The zero-order valence-corrected chi connectivity index (χ0v) is 21.0. The first-order valence-electron chi connectivity index (χ1n) is 13.3. The minimum absolute atomic E-state index is 0.648. The van der Waals surface area contributed by atoms with E-state index >= 15 is 0 Å². The van der Waals surface area contributed by atoms with Gasteiger partial charge in [0.2, 0.25) is 0 Å². The van der Waals surface area contributed by atoms with Gasteiger partial charge in [0.25, 0.3) is 0 Å². The van der Waals surface area contributed by atoms with Crippen LogP contribution in [0.5, 0.6) is 0 Å². The summed E-state index contributed by atoms with van der Waals surface area (Å²) in [5.74, 6) is 0. The molecule has 0 saturated carbocycles. The predicted molar refractivity (Wildman–Crippen MR) is 145 cm³/mol. The summed E-state index contributed by atoms with van der Waals surface area (Å²) in [5.41, 5.74) is 5.01. The Morgan fingerprint density at radius 3 is 2.50 bits per heavy atom. The summed E-state index contributed by atoms with van der Waals surface area (Å²) in [5, 5.41) is 5.12. The van der Waals surface area contributed by atoms with Crippen LogP contribution < -0.4 is 10.2 Å². The van der Waals surface area contributed by atoms with Crippen LogP contribution in [0, 0.1) is 0 Å². The Bertz CT molecular complexity index is 1010. The fourth-order valence-corrected chi connectivity index (χ4v) is 5.55. The number of aromatic amines is 1. The van der Waals surface area contributed by atoms with Crippen molar-refractivity contribution in [3.8, 4) is 11.3 Å². The molecule has 2 aromatic carbocycles. The molecule has 5 rings (SSSR count). The fraction of sp³-hybridized carbons (Fsp3) is 0.517. The highest BCUT2D eigenvalue weighted by Gasteiger charge is 2.22. The maximum atomic E-state index is 3.85. The first kappa shape index (κ1) is 23.4.